The van der Waals surface area contributed by atoms with Gasteiger partial charge in [-0.05, 0) is 50.9 Å². The van der Waals surface area contributed by atoms with Crippen molar-refractivity contribution >= 4 is 11.8 Å². The van der Waals surface area contributed by atoms with Crippen LogP contribution in [0.2, 0.25) is 0 Å². The Kier molecular flexibility index (Phi) is 5.84. The third-order valence-electron chi connectivity index (χ3n) is 4.71. The van der Waals surface area contributed by atoms with Crippen LogP contribution in [0.3, 0.4) is 0 Å². The summed E-state index contributed by atoms with van der Waals surface area (Å²) >= 11 is 2.08. The molecular weight excluding hydrogens is 240 g/mol. The molecule has 1 saturated heterocycles. The highest BCUT2D eigenvalue weighted by molar-refractivity contribution is 7.99. The number of hydrogen-bond acceptors (Lipinski definition) is 3. The van der Waals surface area contributed by atoms with Crippen LogP contribution in [0.25, 0.3) is 0 Å². The molecule has 0 radical (unpaired) electrons. The van der Waals surface area contributed by atoms with Crippen LogP contribution in [0.4, 0.5) is 0 Å². The summed E-state index contributed by atoms with van der Waals surface area (Å²) in [5, 5.41) is 4.64. The Bertz CT molecular complexity index is 245. The summed E-state index contributed by atoms with van der Waals surface area (Å²) in [5.74, 6) is 0.755. The molecule has 0 bridgehead atoms. The maximum atomic E-state index is 3.73. The third kappa shape index (κ3) is 3.88. The summed E-state index contributed by atoms with van der Waals surface area (Å²) < 4.78 is 0. The molecule has 3 heteroatoms. The molecule has 18 heavy (non-hydrogen) atoms. The van der Waals surface area contributed by atoms with E-state index in [-0.39, 0.29) is 0 Å². The van der Waals surface area contributed by atoms with Gasteiger partial charge in [-0.3, -0.25) is 4.90 Å². The van der Waals surface area contributed by atoms with Crippen LogP contribution >= 0.6 is 11.8 Å². The predicted molar refractivity (Wildman–Crippen MR) is 82.4 cm³/mol. The number of nitrogens with zero attached hydrogens (tertiary/aromatic N) is 1. The Morgan fingerprint density at radius 2 is 2.06 bits per heavy atom. The van der Waals surface area contributed by atoms with Crippen molar-refractivity contribution in [3.05, 3.63) is 0 Å². The number of nitrogens with one attached hydrogen (secondary N) is 1. The van der Waals surface area contributed by atoms with E-state index in [4.69, 9.17) is 0 Å². The Morgan fingerprint density at radius 1 is 1.22 bits per heavy atom. The van der Waals surface area contributed by atoms with Gasteiger partial charge in [0.05, 0.1) is 0 Å². The molecule has 1 heterocycles. The zero-order valence-corrected chi connectivity index (χ0v) is 13.1. The van der Waals surface area contributed by atoms with Crippen molar-refractivity contribution < 1.29 is 0 Å². The first kappa shape index (κ1) is 14.7. The minimum atomic E-state index is 0.696. The van der Waals surface area contributed by atoms with Crippen molar-refractivity contribution in [2.75, 3.05) is 25.9 Å². The molecule has 1 aliphatic carbocycles. The maximum Gasteiger partial charge on any atom is 0.0218 e. The van der Waals surface area contributed by atoms with Crippen molar-refractivity contribution in [3.8, 4) is 0 Å². The maximum absolute atomic E-state index is 3.73. The van der Waals surface area contributed by atoms with Crippen LogP contribution in [0, 0.1) is 5.92 Å². The van der Waals surface area contributed by atoms with E-state index in [0.717, 1.165) is 17.2 Å². The van der Waals surface area contributed by atoms with Gasteiger partial charge in [0.1, 0.15) is 0 Å². The largest absolute Gasteiger partial charge is 0.312 e. The van der Waals surface area contributed by atoms with E-state index in [1.165, 1.54) is 51.7 Å². The fourth-order valence-electron chi connectivity index (χ4n) is 3.42. The Morgan fingerprint density at radius 3 is 2.78 bits per heavy atom. The fourth-order valence-corrected chi connectivity index (χ4v) is 4.24. The molecule has 2 rings (SSSR count). The van der Waals surface area contributed by atoms with E-state index < -0.39 is 0 Å². The highest BCUT2D eigenvalue weighted by atomic mass is 32.2. The van der Waals surface area contributed by atoms with Gasteiger partial charge < -0.3 is 5.32 Å². The molecule has 0 aromatic carbocycles. The van der Waals surface area contributed by atoms with E-state index in [1.54, 1.807) is 0 Å². The highest BCUT2D eigenvalue weighted by Gasteiger charge is 2.29. The molecular formula is C15H30N2S. The van der Waals surface area contributed by atoms with Crippen LogP contribution < -0.4 is 5.32 Å². The lowest BCUT2D eigenvalue weighted by Crippen LogP contribution is -2.46. The van der Waals surface area contributed by atoms with E-state index in [2.05, 4.69) is 42.1 Å². The van der Waals surface area contributed by atoms with Gasteiger partial charge in [-0.2, -0.15) is 11.8 Å². The van der Waals surface area contributed by atoms with Crippen LogP contribution in [0.1, 0.15) is 46.0 Å². The summed E-state index contributed by atoms with van der Waals surface area (Å²) in [6.07, 6.45) is 9.34. The second kappa shape index (κ2) is 7.16. The molecule has 106 valence electrons. The molecule has 2 nitrogen and oxygen atoms in total. The standard InChI is InChI=1S/C15H30N2S/c1-12(2)15-11-17(9-5-8-16-15)13-6-4-7-14(10-13)18-3/h12-16H,4-11H2,1-3H3. The summed E-state index contributed by atoms with van der Waals surface area (Å²) in [6, 6.07) is 1.56. The first-order valence-electron chi connectivity index (χ1n) is 7.71. The molecule has 0 aromatic heterocycles. The van der Waals surface area contributed by atoms with Crippen LogP contribution in [-0.4, -0.2) is 48.1 Å². The van der Waals surface area contributed by atoms with Crippen molar-refractivity contribution in [2.24, 2.45) is 5.92 Å². The molecule has 0 aromatic rings. The van der Waals surface area contributed by atoms with E-state index in [1.807, 2.05) is 0 Å². The molecule has 2 fully saturated rings. The van der Waals surface area contributed by atoms with Gasteiger partial charge in [0, 0.05) is 23.9 Å². The number of rotatable bonds is 3. The second-order valence-electron chi connectivity index (χ2n) is 6.33. The predicted octanol–water partition coefficient (Wildman–Crippen LogP) is 2.98. The molecule has 3 unspecified atom stereocenters. The van der Waals surface area contributed by atoms with Crippen LogP contribution in [0.5, 0.6) is 0 Å². The number of thioether (sulfide) groups is 1. The second-order valence-corrected chi connectivity index (χ2v) is 7.47. The van der Waals surface area contributed by atoms with E-state index in [0.29, 0.717) is 6.04 Å². The quantitative estimate of drug-likeness (QED) is 0.849. The zero-order chi connectivity index (χ0) is 13.0. The Hall–Kier alpha value is 0.270. The van der Waals surface area contributed by atoms with Crippen molar-refractivity contribution in [1.82, 2.24) is 10.2 Å². The van der Waals surface area contributed by atoms with Crippen molar-refractivity contribution in [2.45, 2.75) is 63.3 Å². The molecule has 2 aliphatic rings. The van der Waals surface area contributed by atoms with Gasteiger partial charge in [-0.25, -0.2) is 0 Å². The highest BCUT2D eigenvalue weighted by Crippen LogP contribution is 2.30. The topological polar surface area (TPSA) is 15.3 Å². The normalized spacial score (nSPS) is 35.7. The smallest absolute Gasteiger partial charge is 0.0218 e. The zero-order valence-electron chi connectivity index (χ0n) is 12.3. The molecule has 3 atom stereocenters. The molecule has 0 amide bonds. The fraction of sp³-hybridized carbons (Fsp3) is 1.00. The van der Waals surface area contributed by atoms with E-state index in [9.17, 15) is 0 Å². The minimum absolute atomic E-state index is 0.696. The molecule has 1 saturated carbocycles. The minimum Gasteiger partial charge on any atom is -0.312 e. The summed E-state index contributed by atoms with van der Waals surface area (Å²) in [4.78, 5) is 2.80. The van der Waals surface area contributed by atoms with Gasteiger partial charge >= 0.3 is 0 Å². The first-order valence-corrected chi connectivity index (χ1v) is 8.99. The Balaban J connectivity index is 1.93. The first-order chi connectivity index (χ1) is 8.70. The van der Waals surface area contributed by atoms with Crippen LogP contribution in [0.15, 0.2) is 0 Å². The average Bonchev–Trinajstić information content (AvgIpc) is 2.64. The van der Waals surface area contributed by atoms with Gasteiger partial charge in [0.2, 0.25) is 0 Å². The molecule has 1 N–H and O–H groups in total. The molecule has 1 aliphatic heterocycles. The van der Waals surface area contributed by atoms with Crippen LogP contribution in [-0.2, 0) is 0 Å². The van der Waals surface area contributed by atoms with Crippen molar-refractivity contribution in [3.63, 3.8) is 0 Å². The monoisotopic (exact) mass is 270 g/mol. The van der Waals surface area contributed by atoms with Gasteiger partial charge in [-0.1, -0.05) is 20.3 Å². The lowest BCUT2D eigenvalue weighted by Gasteiger charge is -2.38. The third-order valence-corrected chi connectivity index (χ3v) is 5.81. The lowest BCUT2D eigenvalue weighted by atomic mass is 9.92. The lowest BCUT2D eigenvalue weighted by molar-refractivity contribution is 0.147. The summed E-state index contributed by atoms with van der Waals surface area (Å²) in [7, 11) is 0. The average molecular weight is 270 g/mol. The van der Waals surface area contributed by atoms with Crippen molar-refractivity contribution in [1.29, 1.82) is 0 Å². The SMILES string of the molecule is CSC1CCCC(N2CCCNC(C(C)C)C2)C1. The van der Waals surface area contributed by atoms with Gasteiger partial charge in [-0.15, -0.1) is 0 Å². The van der Waals surface area contributed by atoms with E-state index >= 15 is 0 Å². The van der Waals surface area contributed by atoms with Gasteiger partial charge in [0.25, 0.3) is 0 Å². The summed E-state index contributed by atoms with van der Waals surface area (Å²) in [5.41, 5.74) is 0. The molecule has 0 spiro atoms. The van der Waals surface area contributed by atoms with Gasteiger partial charge in [0.15, 0.2) is 0 Å². The Labute approximate surface area is 117 Å². The summed E-state index contributed by atoms with van der Waals surface area (Å²) in [6.45, 7) is 8.49. The number of hydrogen-bond donors (Lipinski definition) is 1.